The maximum atomic E-state index is 11.9. The number of aliphatic carboxylic acids is 1. The lowest BCUT2D eigenvalue weighted by Crippen LogP contribution is -2.24. The highest BCUT2D eigenvalue weighted by atomic mass is 35.5. The number of carbonyl (C=O) groups excluding carboxylic acids is 1. The van der Waals surface area contributed by atoms with Gasteiger partial charge in [-0.1, -0.05) is 30.3 Å². The van der Waals surface area contributed by atoms with Crippen LogP contribution >= 0.6 is 11.6 Å². The second-order valence-electron chi connectivity index (χ2n) is 3.45. The number of alkyl halides is 1. The molecule has 86 valence electrons. The van der Waals surface area contributed by atoms with Crippen LogP contribution in [-0.4, -0.2) is 22.7 Å². The first-order chi connectivity index (χ1) is 7.66. The van der Waals surface area contributed by atoms with Crippen molar-refractivity contribution in [2.75, 3.05) is 5.88 Å². The molecule has 1 aromatic carbocycles. The highest BCUT2D eigenvalue weighted by Gasteiger charge is 2.26. The number of hydrogen-bond acceptors (Lipinski definition) is 2. The minimum atomic E-state index is -1.08. The van der Waals surface area contributed by atoms with Crippen LogP contribution in [-0.2, 0) is 4.79 Å². The first-order valence-electron chi connectivity index (χ1n) is 5.05. The van der Waals surface area contributed by atoms with Gasteiger partial charge in [-0.15, -0.1) is 11.6 Å². The van der Waals surface area contributed by atoms with Gasteiger partial charge in [0.1, 0.15) is 5.92 Å². The van der Waals surface area contributed by atoms with E-state index in [-0.39, 0.29) is 12.2 Å². The molecule has 0 bridgehead atoms. The summed E-state index contributed by atoms with van der Waals surface area (Å²) >= 11 is 5.50. The average molecular weight is 241 g/mol. The molecule has 1 aromatic rings. The summed E-state index contributed by atoms with van der Waals surface area (Å²) in [4.78, 5) is 22.8. The number of carboxylic acid groups (broad SMARTS) is 1. The predicted molar refractivity (Wildman–Crippen MR) is 61.9 cm³/mol. The lowest BCUT2D eigenvalue weighted by molar-refractivity contribution is -0.140. The lowest BCUT2D eigenvalue weighted by Gasteiger charge is -2.10. The molecule has 0 aromatic heterocycles. The first-order valence-corrected chi connectivity index (χ1v) is 5.58. The van der Waals surface area contributed by atoms with Gasteiger partial charge in [0, 0.05) is 11.4 Å². The van der Waals surface area contributed by atoms with Crippen LogP contribution in [0.4, 0.5) is 0 Å². The summed E-state index contributed by atoms with van der Waals surface area (Å²) in [5, 5.41) is 8.97. The largest absolute Gasteiger partial charge is 0.481 e. The van der Waals surface area contributed by atoms with Crippen molar-refractivity contribution >= 4 is 23.4 Å². The van der Waals surface area contributed by atoms with Crippen molar-refractivity contribution in [1.82, 2.24) is 0 Å². The van der Waals surface area contributed by atoms with Crippen LogP contribution in [0.5, 0.6) is 0 Å². The van der Waals surface area contributed by atoms with Crippen molar-refractivity contribution in [3.63, 3.8) is 0 Å². The van der Waals surface area contributed by atoms with Crippen LogP contribution in [0.15, 0.2) is 30.3 Å². The minimum Gasteiger partial charge on any atom is -0.481 e. The highest BCUT2D eigenvalue weighted by Crippen LogP contribution is 2.15. The fourth-order valence-corrected chi connectivity index (χ4v) is 1.61. The molecule has 0 amide bonds. The van der Waals surface area contributed by atoms with E-state index >= 15 is 0 Å². The Morgan fingerprint density at radius 3 is 2.38 bits per heavy atom. The molecule has 0 spiro atoms. The number of carboxylic acids is 1. The molecule has 0 aliphatic heterocycles. The Morgan fingerprint density at radius 1 is 1.25 bits per heavy atom. The van der Waals surface area contributed by atoms with E-state index in [0.717, 1.165) is 0 Å². The van der Waals surface area contributed by atoms with Gasteiger partial charge in [-0.2, -0.15) is 0 Å². The third kappa shape index (κ3) is 3.35. The Kier molecular flexibility index (Phi) is 4.99. The van der Waals surface area contributed by atoms with Crippen molar-refractivity contribution in [2.45, 2.75) is 12.8 Å². The zero-order chi connectivity index (χ0) is 12.0. The molecule has 3 nitrogen and oxygen atoms in total. The van der Waals surface area contributed by atoms with Gasteiger partial charge in [-0.05, 0) is 12.8 Å². The maximum absolute atomic E-state index is 11.9. The molecule has 0 saturated carbocycles. The summed E-state index contributed by atoms with van der Waals surface area (Å²) in [5.74, 6) is -2.05. The second kappa shape index (κ2) is 6.28. The third-order valence-electron chi connectivity index (χ3n) is 2.30. The number of Topliss-reactive ketones (excluding diaryl/α,β-unsaturated/α-hetero) is 1. The van der Waals surface area contributed by atoms with Crippen molar-refractivity contribution in [3.05, 3.63) is 35.9 Å². The molecule has 0 saturated heterocycles. The summed E-state index contributed by atoms with van der Waals surface area (Å²) in [6.45, 7) is 0. The van der Waals surface area contributed by atoms with Gasteiger partial charge in [-0.3, -0.25) is 9.59 Å². The van der Waals surface area contributed by atoms with Gasteiger partial charge in [-0.25, -0.2) is 0 Å². The lowest BCUT2D eigenvalue weighted by atomic mass is 9.94. The van der Waals surface area contributed by atoms with E-state index in [4.69, 9.17) is 16.7 Å². The Morgan fingerprint density at radius 2 is 1.88 bits per heavy atom. The Balaban J connectivity index is 2.79. The summed E-state index contributed by atoms with van der Waals surface area (Å²) in [5.41, 5.74) is 0.435. The summed E-state index contributed by atoms with van der Waals surface area (Å²) in [7, 11) is 0. The van der Waals surface area contributed by atoms with Crippen LogP contribution in [0.3, 0.4) is 0 Å². The average Bonchev–Trinajstić information content (AvgIpc) is 2.30. The topological polar surface area (TPSA) is 54.4 Å². The van der Waals surface area contributed by atoms with E-state index < -0.39 is 11.9 Å². The van der Waals surface area contributed by atoms with E-state index in [9.17, 15) is 9.59 Å². The number of ketones is 1. The minimum absolute atomic E-state index is 0.284. The fraction of sp³-hybridized carbons (Fsp3) is 0.333. The first kappa shape index (κ1) is 12.7. The molecule has 4 heteroatoms. The third-order valence-corrected chi connectivity index (χ3v) is 2.57. The number of hydrogen-bond donors (Lipinski definition) is 1. The number of carbonyl (C=O) groups is 2. The van der Waals surface area contributed by atoms with Crippen molar-refractivity contribution in [3.8, 4) is 0 Å². The van der Waals surface area contributed by atoms with Gasteiger partial charge in [0.2, 0.25) is 0 Å². The van der Waals surface area contributed by atoms with Crippen LogP contribution in [0.2, 0.25) is 0 Å². The van der Waals surface area contributed by atoms with Gasteiger partial charge in [0.05, 0.1) is 0 Å². The fourth-order valence-electron chi connectivity index (χ4n) is 1.45. The van der Waals surface area contributed by atoms with Crippen molar-refractivity contribution < 1.29 is 14.7 Å². The van der Waals surface area contributed by atoms with Gasteiger partial charge < -0.3 is 5.11 Å². The summed E-state index contributed by atoms with van der Waals surface area (Å²) in [6.07, 6.45) is 0.809. The normalized spacial score (nSPS) is 12.1. The quantitative estimate of drug-likeness (QED) is 0.472. The van der Waals surface area contributed by atoms with E-state index in [1.807, 2.05) is 0 Å². The molecule has 1 unspecified atom stereocenters. The Hall–Kier alpha value is -1.35. The van der Waals surface area contributed by atoms with E-state index in [0.29, 0.717) is 17.9 Å². The van der Waals surface area contributed by atoms with Gasteiger partial charge in [0.25, 0.3) is 0 Å². The molecule has 0 radical (unpaired) electrons. The van der Waals surface area contributed by atoms with Gasteiger partial charge >= 0.3 is 5.97 Å². The van der Waals surface area contributed by atoms with Crippen molar-refractivity contribution in [1.29, 1.82) is 0 Å². The zero-order valence-corrected chi connectivity index (χ0v) is 9.48. The van der Waals surface area contributed by atoms with Crippen LogP contribution in [0, 0.1) is 5.92 Å². The molecule has 0 aliphatic carbocycles. The Labute approximate surface area is 99.0 Å². The molecule has 0 heterocycles. The second-order valence-corrected chi connectivity index (χ2v) is 3.83. The highest BCUT2D eigenvalue weighted by molar-refractivity contribution is 6.17. The molecule has 16 heavy (non-hydrogen) atoms. The van der Waals surface area contributed by atoms with Crippen LogP contribution < -0.4 is 0 Å². The predicted octanol–water partition coefficient (Wildman–Crippen LogP) is 2.59. The van der Waals surface area contributed by atoms with Crippen LogP contribution in [0.25, 0.3) is 0 Å². The van der Waals surface area contributed by atoms with E-state index in [2.05, 4.69) is 0 Å². The number of rotatable bonds is 6. The van der Waals surface area contributed by atoms with Gasteiger partial charge in [0.15, 0.2) is 5.78 Å². The van der Waals surface area contributed by atoms with E-state index in [1.54, 1.807) is 30.3 Å². The number of benzene rings is 1. The molecular formula is C12H13ClO3. The van der Waals surface area contributed by atoms with Crippen molar-refractivity contribution in [2.24, 2.45) is 5.92 Å². The smallest absolute Gasteiger partial charge is 0.314 e. The molecule has 0 aliphatic rings. The zero-order valence-electron chi connectivity index (χ0n) is 8.73. The maximum Gasteiger partial charge on any atom is 0.314 e. The Bertz CT molecular complexity index is 362. The standard InChI is InChI=1S/C12H13ClO3/c13-8-4-7-10(12(15)16)11(14)9-5-2-1-3-6-9/h1-3,5-6,10H,4,7-8H2,(H,15,16). The summed E-state index contributed by atoms with van der Waals surface area (Å²) in [6, 6.07) is 8.46. The molecule has 1 rings (SSSR count). The number of halogens is 1. The van der Waals surface area contributed by atoms with E-state index in [1.165, 1.54) is 0 Å². The molecule has 0 fully saturated rings. The molecular weight excluding hydrogens is 228 g/mol. The monoisotopic (exact) mass is 240 g/mol. The molecule has 1 atom stereocenters. The molecule has 1 N–H and O–H groups in total. The van der Waals surface area contributed by atoms with Crippen LogP contribution in [0.1, 0.15) is 23.2 Å². The summed E-state index contributed by atoms with van der Waals surface area (Å²) < 4.78 is 0. The SMILES string of the molecule is O=C(O)C(CCCCl)C(=O)c1ccccc1.